The van der Waals surface area contributed by atoms with Crippen molar-refractivity contribution in [1.29, 1.82) is 0 Å². The molecule has 0 radical (unpaired) electrons. The van der Waals surface area contributed by atoms with Crippen LogP contribution in [0.15, 0.2) is 24.3 Å². The van der Waals surface area contributed by atoms with Crippen LogP contribution in [-0.2, 0) is 9.59 Å². The summed E-state index contributed by atoms with van der Waals surface area (Å²) < 4.78 is 5.15. The van der Waals surface area contributed by atoms with Crippen LogP contribution in [0.25, 0.3) is 0 Å². The monoisotopic (exact) mass is 349 g/mol. The lowest BCUT2D eigenvalue weighted by Crippen LogP contribution is -2.41. The number of methoxy groups -OCH3 is 1. The predicted molar refractivity (Wildman–Crippen MR) is 99.5 cm³/mol. The Hall–Kier alpha value is -2.08. The molecule has 1 aromatic rings. The molecule has 0 fully saturated rings. The first-order valence-corrected chi connectivity index (χ1v) is 8.45. The van der Waals surface area contributed by atoms with E-state index in [0.717, 1.165) is 17.9 Å². The quantitative estimate of drug-likeness (QED) is 0.715. The van der Waals surface area contributed by atoms with Crippen molar-refractivity contribution in [3.63, 3.8) is 0 Å². The number of ether oxygens (including phenoxy) is 1. The molecule has 25 heavy (non-hydrogen) atoms. The van der Waals surface area contributed by atoms with Crippen LogP contribution < -0.4 is 15.4 Å². The Labute approximate surface area is 150 Å². The molecule has 1 aromatic carbocycles. The van der Waals surface area contributed by atoms with Crippen LogP contribution in [0.1, 0.15) is 38.8 Å². The number of carbonyl (C=O) groups excluding carboxylic acids is 2. The van der Waals surface area contributed by atoms with Crippen molar-refractivity contribution in [1.82, 2.24) is 15.5 Å². The molecular weight excluding hydrogens is 318 g/mol. The normalized spacial score (nSPS) is 12.6. The van der Waals surface area contributed by atoms with E-state index in [2.05, 4.69) is 29.4 Å². The van der Waals surface area contributed by atoms with Crippen LogP contribution in [-0.4, -0.2) is 51.0 Å². The first-order chi connectivity index (χ1) is 11.6. The third-order valence-electron chi connectivity index (χ3n) is 3.79. The average molecular weight is 349 g/mol. The molecule has 140 valence electrons. The van der Waals surface area contributed by atoms with Crippen LogP contribution in [0, 0.1) is 5.41 Å². The molecule has 1 atom stereocenters. The SMILES string of the molecule is COc1ccc(C(CC(=O)NCC(C)(C)CN(C)C)NC(C)=O)cc1. The van der Waals surface area contributed by atoms with E-state index in [9.17, 15) is 9.59 Å². The number of nitrogens with zero attached hydrogens (tertiary/aromatic N) is 1. The van der Waals surface area contributed by atoms with Gasteiger partial charge in [-0.3, -0.25) is 9.59 Å². The standard InChI is InChI=1S/C19H31N3O3/c1-14(23)21-17(15-7-9-16(25-6)10-8-15)11-18(24)20-12-19(2,3)13-22(4)5/h7-10,17H,11-13H2,1-6H3,(H,20,24)(H,21,23). The molecule has 0 aromatic heterocycles. The number of benzene rings is 1. The molecular formula is C19H31N3O3. The van der Waals surface area contributed by atoms with E-state index >= 15 is 0 Å². The minimum absolute atomic E-state index is 0.0250. The van der Waals surface area contributed by atoms with E-state index in [1.54, 1.807) is 7.11 Å². The second kappa shape index (κ2) is 9.42. The van der Waals surface area contributed by atoms with E-state index in [1.165, 1.54) is 6.92 Å². The maximum absolute atomic E-state index is 12.4. The van der Waals surface area contributed by atoms with Crippen molar-refractivity contribution in [2.24, 2.45) is 5.41 Å². The third-order valence-corrected chi connectivity index (χ3v) is 3.79. The van der Waals surface area contributed by atoms with Crippen LogP contribution >= 0.6 is 0 Å². The van der Waals surface area contributed by atoms with Crippen LogP contribution in [0.2, 0.25) is 0 Å². The topological polar surface area (TPSA) is 70.7 Å². The first kappa shape index (κ1) is 21.0. The van der Waals surface area contributed by atoms with Gasteiger partial charge in [0.2, 0.25) is 11.8 Å². The zero-order chi connectivity index (χ0) is 19.0. The highest BCUT2D eigenvalue weighted by Crippen LogP contribution is 2.21. The lowest BCUT2D eigenvalue weighted by atomic mass is 9.92. The van der Waals surface area contributed by atoms with Crippen molar-refractivity contribution in [2.75, 3.05) is 34.3 Å². The molecule has 0 spiro atoms. The molecule has 0 aliphatic rings. The first-order valence-electron chi connectivity index (χ1n) is 8.45. The van der Waals surface area contributed by atoms with E-state index in [4.69, 9.17) is 4.74 Å². The third kappa shape index (κ3) is 8.03. The zero-order valence-corrected chi connectivity index (χ0v) is 16.2. The smallest absolute Gasteiger partial charge is 0.222 e. The van der Waals surface area contributed by atoms with Gasteiger partial charge in [-0.1, -0.05) is 26.0 Å². The Balaban J connectivity index is 2.70. The molecule has 0 aliphatic carbocycles. The van der Waals surface area contributed by atoms with Gasteiger partial charge in [-0.15, -0.1) is 0 Å². The van der Waals surface area contributed by atoms with Crippen LogP contribution in [0.3, 0.4) is 0 Å². The zero-order valence-electron chi connectivity index (χ0n) is 16.2. The van der Waals surface area contributed by atoms with Gasteiger partial charge in [-0.05, 0) is 37.2 Å². The minimum atomic E-state index is -0.361. The summed E-state index contributed by atoms with van der Waals surface area (Å²) in [6.07, 6.45) is 0.198. The summed E-state index contributed by atoms with van der Waals surface area (Å²) in [5.74, 6) is 0.489. The highest BCUT2D eigenvalue weighted by atomic mass is 16.5. The average Bonchev–Trinajstić information content (AvgIpc) is 2.51. The number of hydrogen-bond donors (Lipinski definition) is 2. The lowest BCUT2D eigenvalue weighted by Gasteiger charge is -2.29. The fourth-order valence-corrected chi connectivity index (χ4v) is 2.84. The fraction of sp³-hybridized carbons (Fsp3) is 0.579. The van der Waals surface area contributed by atoms with Gasteiger partial charge in [0.15, 0.2) is 0 Å². The van der Waals surface area contributed by atoms with Crippen molar-refractivity contribution < 1.29 is 14.3 Å². The highest BCUT2D eigenvalue weighted by molar-refractivity contribution is 5.79. The molecule has 1 rings (SSSR count). The second-order valence-corrected chi connectivity index (χ2v) is 7.41. The Bertz CT molecular complexity index is 568. The molecule has 0 aliphatic heterocycles. The summed E-state index contributed by atoms with van der Waals surface area (Å²) >= 11 is 0. The van der Waals surface area contributed by atoms with Crippen LogP contribution in [0.4, 0.5) is 0 Å². The number of nitrogens with one attached hydrogen (secondary N) is 2. The summed E-state index contributed by atoms with van der Waals surface area (Å²) in [7, 11) is 5.63. The van der Waals surface area contributed by atoms with Crippen molar-refractivity contribution in [3.05, 3.63) is 29.8 Å². The van der Waals surface area contributed by atoms with E-state index in [0.29, 0.717) is 6.54 Å². The van der Waals surface area contributed by atoms with Gasteiger partial charge in [0, 0.05) is 20.0 Å². The number of carbonyl (C=O) groups is 2. The Morgan fingerprint density at radius 1 is 1.20 bits per heavy atom. The van der Waals surface area contributed by atoms with Gasteiger partial charge in [0.05, 0.1) is 19.6 Å². The molecule has 0 saturated carbocycles. The van der Waals surface area contributed by atoms with Crippen molar-refractivity contribution in [2.45, 2.75) is 33.2 Å². The van der Waals surface area contributed by atoms with E-state index in [-0.39, 0.29) is 29.7 Å². The maximum atomic E-state index is 12.4. The summed E-state index contributed by atoms with van der Waals surface area (Å²) in [5, 5.41) is 5.83. The molecule has 0 bridgehead atoms. The predicted octanol–water partition coefficient (Wildman–Crippen LogP) is 1.97. The van der Waals surface area contributed by atoms with Gasteiger partial charge in [0.1, 0.15) is 5.75 Å². The summed E-state index contributed by atoms with van der Waals surface area (Å²) in [4.78, 5) is 26.0. The summed E-state index contributed by atoms with van der Waals surface area (Å²) in [6, 6.07) is 7.01. The van der Waals surface area contributed by atoms with E-state index < -0.39 is 0 Å². The number of rotatable bonds is 9. The van der Waals surface area contributed by atoms with Gasteiger partial charge in [-0.2, -0.15) is 0 Å². The number of amides is 2. The Morgan fingerprint density at radius 3 is 2.28 bits per heavy atom. The molecule has 6 nitrogen and oxygen atoms in total. The van der Waals surface area contributed by atoms with Crippen molar-refractivity contribution >= 4 is 11.8 Å². The molecule has 0 heterocycles. The van der Waals surface area contributed by atoms with Gasteiger partial charge in [0.25, 0.3) is 0 Å². The molecule has 2 amide bonds. The largest absolute Gasteiger partial charge is 0.497 e. The summed E-state index contributed by atoms with van der Waals surface area (Å²) in [6.45, 7) is 7.14. The molecule has 0 saturated heterocycles. The van der Waals surface area contributed by atoms with Crippen LogP contribution in [0.5, 0.6) is 5.75 Å². The fourth-order valence-electron chi connectivity index (χ4n) is 2.84. The highest BCUT2D eigenvalue weighted by Gasteiger charge is 2.22. The maximum Gasteiger partial charge on any atom is 0.222 e. The second-order valence-electron chi connectivity index (χ2n) is 7.41. The lowest BCUT2D eigenvalue weighted by molar-refractivity contribution is -0.123. The number of hydrogen-bond acceptors (Lipinski definition) is 4. The molecule has 2 N–H and O–H groups in total. The van der Waals surface area contributed by atoms with Gasteiger partial charge in [-0.25, -0.2) is 0 Å². The molecule has 6 heteroatoms. The Kier molecular flexibility index (Phi) is 7.90. The molecule has 1 unspecified atom stereocenters. The van der Waals surface area contributed by atoms with Gasteiger partial charge < -0.3 is 20.3 Å². The van der Waals surface area contributed by atoms with Crippen molar-refractivity contribution in [3.8, 4) is 5.75 Å². The van der Waals surface area contributed by atoms with E-state index in [1.807, 2.05) is 38.4 Å². The summed E-state index contributed by atoms with van der Waals surface area (Å²) in [5.41, 5.74) is 0.849. The minimum Gasteiger partial charge on any atom is -0.497 e. The Morgan fingerprint density at radius 2 is 1.80 bits per heavy atom. The van der Waals surface area contributed by atoms with Gasteiger partial charge >= 0.3 is 0 Å².